The molecular formula is C20H23N3O2. The molecule has 1 fully saturated rings. The molecule has 0 bridgehead atoms. The van der Waals surface area contributed by atoms with Gasteiger partial charge in [0.1, 0.15) is 18.2 Å². The average Bonchev–Trinajstić information content (AvgIpc) is 2.68. The van der Waals surface area contributed by atoms with Gasteiger partial charge in [-0.05, 0) is 17.7 Å². The van der Waals surface area contributed by atoms with Crippen LogP contribution in [0.2, 0.25) is 0 Å². The van der Waals surface area contributed by atoms with Crippen LogP contribution in [0.1, 0.15) is 11.1 Å². The standard InChI is InChI=1S/C20H23N3O2/c1-2-11-25-19-6-4-3-5-18(19)16-21-14-17-7-8-20(22-15-17)23-9-12-24-13-10-23/h1,3-8,15,21H,9-14,16H2. The second-order valence-corrected chi connectivity index (χ2v) is 5.83. The largest absolute Gasteiger partial charge is 0.481 e. The van der Waals surface area contributed by atoms with Crippen LogP contribution in [0.5, 0.6) is 5.75 Å². The minimum absolute atomic E-state index is 0.282. The molecule has 0 atom stereocenters. The number of ether oxygens (including phenoxy) is 2. The maximum atomic E-state index is 5.57. The Morgan fingerprint density at radius 2 is 2.00 bits per heavy atom. The molecule has 0 saturated carbocycles. The Kier molecular flexibility index (Phi) is 6.27. The molecule has 2 aromatic rings. The maximum absolute atomic E-state index is 5.57. The van der Waals surface area contributed by atoms with Crippen LogP contribution in [0, 0.1) is 12.3 Å². The molecule has 1 aromatic heterocycles. The van der Waals surface area contributed by atoms with Crippen molar-refractivity contribution < 1.29 is 9.47 Å². The van der Waals surface area contributed by atoms with E-state index < -0.39 is 0 Å². The van der Waals surface area contributed by atoms with E-state index in [4.69, 9.17) is 15.9 Å². The van der Waals surface area contributed by atoms with Crippen molar-refractivity contribution in [3.8, 4) is 18.1 Å². The highest BCUT2D eigenvalue weighted by atomic mass is 16.5. The SMILES string of the molecule is C#CCOc1ccccc1CNCc1ccc(N2CCOCC2)nc1. The van der Waals surface area contributed by atoms with Crippen LogP contribution in [-0.4, -0.2) is 37.9 Å². The van der Waals surface area contributed by atoms with Gasteiger partial charge in [0.2, 0.25) is 0 Å². The van der Waals surface area contributed by atoms with Gasteiger partial charge in [-0.2, -0.15) is 0 Å². The van der Waals surface area contributed by atoms with Crippen molar-refractivity contribution in [2.45, 2.75) is 13.1 Å². The molecule has 0 unspecified atom stereocenters. The van der Waals surface area contributed by atoms with Crippen molar-refractivity contribution in [2.24, 2.45) is 0 Å². The highest BCUT2D eigenvalue weighted by Crippen LogP contribution is 2.18. The average molecular weight is 337 g/mol. The summed E-state index contributed by atoms with van der Waals surface area (Å²) in [4.78, 5) is 6.82. The van der Waals surface area contributed by atoms with Gasteiger partial charge >= 0.3 is 0 Å². The van der Waals surface area contributed by atoms with E-state index in [1.165, 1.54) is 0 Å². The van der Waals surface area contributed by atoms with Gasteiger partial charge in [0, 0.05) is 37.9 Å². The summed E-state index contributed by atoms with van der Waals surface area (Å²) < 4.78 is 10.9. The molecule has 1 N–H and O–H groups in total. The fourth-order valence-electron chi connectivity index (χ4n) is 2.75. The lowest BCUT2D eigenvalue weighted by molar-refractivity contribution is 0.122. The molecule has 0 radical (unpaired) electrons. The van der Waals surface area contributed by atoms with E-state index in [-0.39, 0.29) is 6.61 Å². The molecule has 5 nitrogen and oxygen atoms in total. The predicted octanol–water partition coefficient (Wildman–Crippen LogP) is 2.22. The number of nitrogens with zero attached hydrogens (tertiary/aromatic N) is 2. The summed E-state index contributed by atoms with van der Waals surface area (Å²) in [6.45, 7) is 5.09. The quantitative estimate of drug-likeness (QED) is 0.785. The normalized spacial score (nSPS) is 14.1. The molecule has 1 saturated heterocycles. The van der Waals surface area contributed by atoms with Crippen molar-refractivity contribution in [1.82, 2.24) is 10.3 Å². The van der Waals surface area contributed by atoms with Gasteiger partial charge in [-0.15, -0.1) is 6.42 Å². The molecule has 25 heavy (non-hydrogen) atoms. The first-order valence-corrected chi connectivity index (χ1v) is 8.49. The third-order valence-corrected chi connectivity index (χ3v) is 4.07. The van der Waals surface area contributed by atoms with Crippen LogP contribution in [0.25, 0.3) is 0 Å². The first-order valence-electron chi connectivity index (χ1n) is 8.49. The van der Waals surface area contributed by atoms with E-state index in [1.54, 1.807) is 0 Å². The molecule has 2 heterocycles. The number of morpholine rings is 1. The highest BCUT2D eigenvalue weighted by Gasteiger charge is 2.11. The number of aromatic nitrogens is 1. The third-order valence-electron chi connectivity index (χ3n) is 4.07. The Labute approximate surface area is 149 Å². The Bertz CT molecular complexity index is 704. The molecule has 1 aliphatic rings. The maximum Gasteiger partial charge on any atom is 0.148 e. The topological polar surface area (TPSA) is 46.6 Å². The fourth-order valence-corrected chi connectivity index (χ4v) is 2.75. The second-order valence-electron chi connectivity index (χ2n) is 5.83. The zero-order valence-electron chi connectivity index (χ0n) is 14.3. The molecule has 130 valence electrons. The van der Waals surface area contributed by atoms with Crippen molar-refractivity contribution in [1.29, 1.82) is 0 Å². The number of hydrogen-bond donors (Lipinski definition) is 1. The van der Waals surface area contributed by atoms with Gasteiger partial charge in [0.25, 0.3) is 0 Å². The fraction of sp³-hybridized carbons (Fsp3) is 0.350. The lowest BCUT2D eigenvalue weighted by Crippen LogP contribution is -2.36. The smallest absolute Gasteiger partial charge is 0.148 e. The Morgan fingerprint density at radius 3 is 2.76 bits per heavy atom. The summed E-state index contributed by atoms with van der Waals surface area (Å²) in [6, 6.07) is 12.1. The number of benzene rings is 1. The lowest BCUT2D eigenvalue weighted by atomic mass is 10.2. The van der Waals surface area contributed by atoms with E-state index >= 15 is 0 Å². The molecule has 5 heteroatoms. The third kappa shape index (κ3) is 4.96. The minimum Gasteiger partial charge on any atom is -0.481 e. The monoisotopic (exact) mass is 337 g/mol. The summed E-state index contributed by atoms with van der Waals surface area (Å²) >= 11 is 0. The molecule has 1 aliphatic heterocycles. The van der Waals surface area contributed by atoms with Gasteiger partial charge in [0.15, 0.2) is 0 Å². The Hall–Kier alpha value is -2.55. The van der Waals surface area contributed by atoms with Crippen molar-refractivity contribution in [3.05, 3.63) is 53.7 Å². The summed E-state index contributed by atoms with van der Waals surface area (Å²) in [6.07, 6.45) is 7.19. The molecule has 0 amide bonds. The number of hydrogen-bond acceptors (Lipinski definition) is 5. The Morgan fingerprint density at radius 1 is 1.16 bits per heavy atom. The van der Waals surface area contributed by atoms with Crippen molar-refractivity contribution >= 4 is 5.82 Å². The Balaban J connectivity index is 1.51. The van der Waals surface area contributed by atoms with Crippen LogP contribution in [-0.2, 0) is 17.8 Å². The van der Waals surface area contributed by atoms with E-state index in [2.05, 4.69) is 33.3 Å². The number of nitrogens with one attached hydrogen (secondary N) is 1. The van der Waals surface area contributed by atoms with Crippen LogP contribution in [0.4, 0.5) is 5.82 Å². The van der Waals surface area contributed by atoms with Gasteiger partial charge in [-0.1, -0.05) is 30.2 Å². The van der Waals surface area contributed by atoms with Crippen LogP contribution >= 0.6 is 0 Å². The first-order chi connectivity index (χ1) is 12.4. The van der Waals surface area contributed by atoms with E-state index in [0.29, 0.717) is 6.54 Å². The highest BCUT2D eigenvalue weighted by molar-refractivity contribution is 5.39. The van der Waals surface area contributed by atoms with Gasteiger partial charge < -0.3 is 19.7 Å². The predicted molar refractivity (Wildman–Crippen MR) is 98.6 cm³/mol. The number of pyridine rings is 1. The molecule has 0 aliphatic carbocycles. The lowest BCUT2D eigenvalue weighted by Gasteiger charge is -2.27. The van der Waals surface area contributed by atoms with Crippen LogP contribution < -0.4 is 15.0 Å². The second kappa shape index (κ2) is 9.07. The molecule has 0 spiro atoms. The zero-order valence-corrected chi connectivity index (χ0v) is 14.3. The van der Waals surface area contributed by atoms with Crippen molar-refractivity contribution in [2.75, 3.05) is 37.8 Å². The van der Waals surface area contributed by atoms with E-state index in [9.17, 15) is 0 Å². The summed E-state index contributed by atoms with van der Waals surface area (Å²) in [7, 11) is 0. The molecule has 3 rings (SSSR count). The van der Waals surface area contributed by atoms with E-state index in [1.807, 2.05) is 30.5 Å². The van der Waals surface area contributed by atoms with Crippen LogP contribution in [0.3, 0.4) is 0 Å². The van der Waals surface area contributed by atoms with Gasteiger partial charge in [-0.3, -0.25) is 0 Å². The first kappa shape index (κ1) is 17.3. The summed E-state index contributed by atoms with van der Waals surface area (Å²) in [5, 5.41) is 3.43. The minimum atomic E-state index is 0.282. The van der Waals surface area contributed by atoms with Crippen molar-refractivity contribution in [3.63, 3.8) is 0 Å². The summed E-state index contributed by atoms with van der Waals surface area (Å²) in [5.41, 5.74) is 2.25. The molecule has 1 aromatic carbocycles. The van der Waals surface area contributed by atoms with Gasteiger partial charge in [-0.25, -0.2) is 4.98 Å². The molecular weight excluding hydrogens is 314 g/mol. The van der Waals surface area contributed by atoms with Crippen LogP contribution in [0.15, 0.2) is 42.6 Å². The van der Waals surface area contributed by atoms with Gasteiger partial charge in [0.05, 0.1) is 13.2 Å². The summed E-state index contributed by atoms with van der Waals surface area (Å²) in [5.74, 6) is 4.34. The zero-order chi connectivity index (χ0) is 17.3. The van der Waals surface area contributed by atoms with E-state index in [0.717, 1.165) is 55.5 Å². The number of rotatable bonds is 7. The number of terminal acetylenes is 1. The number of para-hydroxylation sites is 1. The number of anilines is 1.